The van der Waals surface area contributed by atoms with Crippen molar-refractivity contribution >= 4 is 28.9 Å². The van der Waals surface area contributed by atoms with Gasteiger partial charge in [0.15, 0.2) is 16.7 Å². The van der Waals surface area contributed by atoms with E-state index in [-0.39, 0.29) is 47.5 Å². The Kier molecular flexibility index (Phi) is 8.92. The molecule has 0 unspecified atom stereocenters. The van der Waals surface area contributed by atoms with Gasteiger partial charge in [0.05, 0.1) is 35.3 Å². The molecule has 0 aliphatic carbocycles. The number of carbonyl (C=O) groups excluding carboxylic acids is 1. The number of hydrogen-bond donors (Lipinski definition) is 2. The maximum Gasteiger partial charge on any atom is 0.573 e. The van der Waals surface area contributed by atoms with Crippen LogP contribution in [0, 0.1) is 11.3 Å². The number of rotatable bonds is 8. The number of aliphatic hydroxyl groups excluding tert-OH is 2. The molecular weight excluding hydrogens is 544 g/mol. The van der Waals surface area contributed by atoms with E-state index >= 15 is 0 Å². The molecule has 0 saturated heterocycles. The van der Waals surface area contributed by atoms with E-state index in [1.165, 1.54) is 17.0 Å². The Morgan fingerprint density at radius 1 is 1.00 bits per heavy atom. The molecule has 1 aliphatic rings. The van der Waals surface area contributed by atoms with E-state index in [4.69, 9.17) is 20.2 Å². The largest absolute Gasteiger partial charge is 0.573 e. The third-order valence-electron chi connectivity index (χ3n) is 4.74. The minimum Gasteiger partial charge on any atom is -0.453 e. The fourth-order valence-electron chi connectivity index (χ4n) is 3.16. The highest BCUT2D eigenvalue weighted by molar-refractivity contribution is 8.18. The topological polar surface area (TPSA) is 115 Å². The maximum atomic E-state index is 13.5. The summed E-state index contributed by atoms with van der Waals surface area (Å²) >= 11 is 0.855. The predicted molar refractivity (Wildman–Crippen MR) is 123 cm³/mol. The second-order valence-corrected chi connectivity index (χ2v) is 8.43. The average Bonchev–Trinajstić information content (AvgIpc) is 3.19. The molecule has 2 aromatic rings. The number of amidine groups is 1. The number of benzene rings is 2. The van der Waals surface area contributed by atoms with Crippen LogP contribution in [0.15, 0.2) is 46.3 Å². The molecule has 1 amide bonds. The molecular formula is C23H17F6N3O5S. The van der Waals surface area contributed by atoms with Crippen LogP contribution < -0.4 is 9.47 Å². The summed E-state index contributed by atoms with van der Waals surface area (Å²) in [6, 6.07) is 6.78. The molecule has 1 heterocycles. The summed E-state index contributed by atoms with van der Waals surface area (Å²) in [5.41, 5.74) is -1.71. The molecule has 0 radical (unpaired) electrons. The molecule has 0 saturated carbocycles. The van der Waals surface area contributed by atoms with Crippen LogP contribution in [0.5, 0.6) is 17.2 Å². The van der Waals surface area contributed by atoms with E-state index in [0.717, 1.165) is 36.0 Å². The van der Waals surface area contributed by atoms with E-state index in [1.807, 2.05) is 0 Å². The Labute approximate surface area is 215 Å². The first-order valence-corrected chi connectivity index (χ1v) is 11.3. The minimum atomic E-state index is -5.23. The Morgan fingerprint density at radius 2 is 1.66 bits per heavy atom. The maximum absolute atomic E-state index is 13.5. The van der Waals surface area contributed by atoms with Crippen LogP contribution >= 0.6 is 11.8 Å². The van der Waals surface area contributed by atoms with Crippen molar-refractivity contribution in [2.75, 3.05) is 26.3 Å². The molecule has 0 spiro atoms. The summed E-state index contributed by atoms with van der Waals surface area (Å²) in [6.45, 7) is -0.445. The zero-order chi connectivity index (χ0) is 28.1. The van der Waals surface area contributed by atoms with Gasteiger partial charge in [0.25, 0.3) is 5.91 Å². The van der Waals surface area contributed by atoms with Gasteiger partial charge in [-0.2, -0.15) is 23.4 Å². The lowest BCUT2D eigenvalue weighted by molar-refractivity contribution is -0.275. The van der Waals surface area contributed by atoms with E-state index < -0.39 is 41.3 Å². The number of aliphatic hydroxyl groups is 2. The predicted octanol–water partition coefficient (Wildman–Crippen LogP) is 4.52. The third-order valence-corrected chi connectivity index (χ3v) is 5.79. The van der Waals surface area contributed by atoms with Crippen LogP contribution in [-0.4, -0.2) is 58.9 Å². The Hall–Kier alpha value is -3.74. The van der Waals surface area contributed by atoms with Gasteiger partial charge >= 0.3 is 12.5 Å². The molecule has 2 N–H and O–H groups in total. The first kappa shape index (κ1) is 28.8. The molecule has 38 heavy (non-hydrogen) atoms. The van der Waals surface area contributed by atoms with Crippen molar-refractivity contribution in [2.24, 2.45) is 4.99 Å². The van der Waals surface area contributed by atoms with Gasteiger partial charge in [0, 0.05) is 13.1 Å². The second-order valence-electron chi connectivity index (χ2n) is 7.42. The molecule has 0 aromatic heterocycles. The molecule has 202 valence electrons. The smallest absolute Gasteiger partial charge is 0.453 e. The first-order valence-electron chi connectivity index (χ1n) is 10.5. The highest BCUT2D eigenvalue weighted by Gasteiger charge is 2.36. The number of hydrogen-bond acceptors (Lipinski definition) is 8. The normalized spacial score (nSPS) is 14.9. The molecule has 0 atom stereocenters. The lowest BCUT2D eigenvalue weighted by Gasteiger charge is -2.20. The minimum absolute atomic E-state index is 0.000966. The molecule has 15 heteroatoms. The standard InChI is InChI=1S/C23H17F6N3O5S/c24-22(25,26)15-9-14(12-30)2-3-16(15)36-17-4-1-13(10-18(17)37-23(27,28)29)11-19-20(35)31-21(38-19)32(5-7-33)6-8-34/h1-4,9-11,33-34H,5-8H2/b19-11-. The van der Waals surface area contributed by atoms with Gasteiger partial charge in [-0.15, -0.1) is 13.2 Å². The van der Waals surface area contributed by atoms with Crippen molar-refractivity contribution in [3.8, 4) is 23.3 Å². The van der Waals surface area contributed by atoms with Crippen molar-refractivity contribution in [2.45, 2.75) is 12.5 Å². The number of amides is 1. The molecule has 0 bridgehead atoms. The Morgan fingerprint density at radius 3 is 2.24 bits per heavy atom. The van der Waals surface area contributed by atoms with Crippen LogP contribution in [0.1, 0.15) is 16.7 Å². The number of thioether (sulfide) groups is 1. The zero-order valence-electron chi connectivity index (χ0n) is 19.0. The highest BCUT2D eigenvalue weighted by Crippen LogP contribution is 2.42. The van der Waals surface area contributed by atoms with E-state index in [9.17, 15) is 31.1 Å². The zero-order valence-corrected chi connectivity index (χ0v) is 19.8. The van der Waals surface area contributed by atoms with Gasteiger partial charge in [-0.1, -0.05) is 6.07 Å². The van der Waals surface area contributed by atoms with Crippen molar-refractivity contribution in [1.29, 1.82) is 5.26 Å². The van der Waals surface area contributed by atoms with Crippen LogP contribution in [-0.2, 0) is 11.0 Å². The fraction of sp³-hybridized carbons (Fsp3) is 0.261. The molecule has 2 aromatic carbocycles. The van der Waals surface area contributed by atoms with E-state index in [0.29, 0.717) is 6.07 Å². The summed E-state index contributed by atoms with van der Waals surface area (Å²) in [4.78, 5) is 17.6. The fourth-order valence-corrected chi connectivity index (χ4v) is 4.13. The Bertz CT molecular complexity index is 1300. The van der Waals surface area contributed by atoms with Crippen molar-refractivity contribution in [3.05, 3.63) is 58.0 Å². The van der Waals surface area contributed by atoms with Crippen molar-refractivity contribution in [1.82, 2.24) is 4.90 Å². The third kappa shape index (κ3) is 7.40. The van der Waals surface area contributed by atoms with Gasteiger partial charge < -0.3 is 24.6 Å². The van der Waals surface area contributed by atoms with Crippen LogP contribution in [0.3, 0.4) is 0 Å². The molecule has 1 aliphatic heterocycles. The Balaban J connectivity index is 1.96. The SMILES string of the molecule is N#Cc1ccc(Oc2ccc(/C=C3\SC(N(CCO)CCO)=NC3=O)cc2OC(F)(F)F)c(C(F)(F)F)c1. The first-order chi connectivity index (χ1) is 17.8. The van der Waals surface area contributed by atoms with Gasteiger partial charge in [-0.3, -0.25) is 4.79 Å². The van der Waals surface area contributed by atoms with E-state index in [2.05, 4.69) is 9.73 Å². The van der Waals surface area contributed by atoms with Crippen LogP contribution in [0.2, 0.25) is 0 Å². The number of halogens is 6. The summed E-state index contributed by atoms with van der Waals surface area (Å²) in [7, 11) is 0. The number of nitriles is 1. The monoisotopic (exact) mass is 561 g/mol. The van der Waals surface area contributed by atoms with Crippen molar-refractivity contribution in [3.63, 3.8) is 0 Å². The van der Waals surface area contributed by atoms with Gasteiger partial charge in [0.1, 0.15) is 5.75 Å². The lowest BCUT2D eigenvalue weighted by atomic mass is 10.1. The lowest BCUT2D eigenvalue weighted by Crippen LogP contribution is -2.33. The number of carbonyl (C=O) groups is 1. The van der Waals surface area contributed by atoms with Crippen molar-refractivity contribution < 1.29 is 50.8 Å². The number of aliphatic imine (C=N–C) groups is 1. The summed E-state index contributed by atoms with van der Waals surface area (Å²) in [5.74, 6) is -3.28. The summed E-state index contributed by atoms with van der Waals surface area (Å²) in [6.07, 6.45) is -9.02. The van der Waals surface area contributed by atoms with Gasteiger partial charge in [-0.05, 0) is 53.7 Å². The quantitative estimate of drug-likeness (QED) is 0.357. The average molecular weight is 561 g/mol. The van der Waals surface area contributed by atoms with Crippen LogP contribution in [0.25, 0.3) is 6.08 Å². The van der Waals surface area contributed by atoms with E-state index in [1.54, 1.807) is 6.07 Å². The van der Waals surface area contributed by atoms with Crippen LogP contribution in [0.4, 0.5) is 26.3 Å². The van der Waals surface area contributed by atoms with Gasteiger partial charge in [0.2, 0.25) is 0 Å². The molecule has 3 rings (SSSR count). The number of ether oxygens (including phenoxy) is 2. The van der Waals surface area contributed by atoms with Gasteiger partial charge in [-0.25, -0.2) is 0 Å². The molecule has 8 nitrogen and oxygen atoms in total. The summed E-state index contributed by atoms with van der Waals surface area (Å²) in [5, 5.41) is 27.3. The second kappa shape index (κ2) is 11.8. The highest BCUT2D eigenvalue weighted by atomic mass is 32.2. The summed E-state index contributed by atoms with van der Waals surface area (Å²) < 4.78 is 88.7. The molecule has 0 fully saturated rings. The number of nitrogens with zero attached hydrogens (tertiary/aromatic N) is 3. The number of alkyl halides is 6.